The Morgan fingerprint density at radius 3 is 2.92 bits per heavy atom. The van der Waals surface area contributed by atoms with Gasteiger partial charge in [-0.2, -0.15) is 0 Å². The number of imidazole rings is 1. The number of nitrogens with zero attached hydrogens (tertiary/aromatic N) is 4. The molecule has 0 radical (unpaired) electrons. The van der Waals surface area contributed by atoms with Crippen LogP contribution in [0.25, 0.3) is 0 Å². The standard InChI is InChI=1S/C19H29N5O/c1-5-24-8-9-25-17(18(24)19-21-6-7-23(19)4)13-22-15(3)16-10-14(2)11-20-12-16/h6-7,10-12,15,17-18,22H,5,8-9,13H2,1-4H3/t15?,17-,18+/m0/s1. The number of hydrogen-bond donors (Lipinski definition) is 1. The Bertz CT molecular complexity index is 686. The topological polar surface area (TPSA) is 55.2 Å². The van der Waals surface area contributed by atoms with Crippen molar-refractivity contribution in [2.45, 2.75) is 39.0 Å². The Morgan fingerprint density at radius 2 is 2.24 bits per heavy atom. The van der Waals surface area contributed by atoms with Crippen LogP contribution in [0.3, 0.4) is 0 Å². The lowest BCUT2D eigenvalue weighted by atomic mass is 10.0. The lowest BCUT2D eigenvalue weighted by Gasteiger charge is -2.40. The Morgan fingerprint density at radius 1 is 1.40 bits per heavy atom. The van der Waals surface area contributed by atoms with Gasteiger partial charge in [0.05, 0.1) is 18.8 Å². The minimum atomic E-state index is 0.0787. The van der Waals surface area contributed by atoms with E-state index >= 15 is 0 Å². The van der Waals surface area contributed by atoms with Crippen molar-refractivity contribution in [2.24, 2.45) is 7.05 Å². The van der Waals surface area contributed by atoms with E-state index in [0.29, 0.717) is 0 Å². The van der Waals surface area contributed by atoms with E-state index in [-0.39, 0.29) is 18.2 Å². The highest BCUT2D eigenvalue weighted by Crippen LogP contribution is 2.28. The first kappa shape index (κ1) is 18.0. The molecule has 2 aromatic heterocycles. The molecule has 0 amide bonds. The maximum Gasteiger partial charge on any atom is 0.128 e. The molecule has 136 valence electrons. The summed E-state index contributed by atoms with van der Waals surface area (Å²) in [6.07, 6.45) is 7.76. The van der Waals surface area contributed by atoms with Crippen LogP contribution in [0.15, 0.2) is 30.9 Å². The first-order valence-electron chi connectivity index (χ1n) is 9.08. The number of hydrogen-bond acceptors (Lipinski definition) is 5. The molecular formula is C19H29N5O. The highest BCUT2D eigenvalue weighted by atomic mass is 16.5. The monoisotopic (exact) mass is 343 g/mol. The SMILES string of the molecule is CCN1CCO[C@@H](CNC(C)c2cncc(C)c2)[C@@H]1c1nccn1C. The van der Waals surface area contributed by atoms with Gasteiger partial charge in [0.15, 0.2) is 0 Å². The molecular weight excluding hydrogens is 314 g/mol. The quantitative estimate of drug-likeness (QED) is 0.872. The van der Waals surface area contributed by atoms with Gasteiger partial charge < -0.3 is 14.6 Å². The van der Waals surface area contributed by atoms with Gasteiger partial charge in [-0.25, -0.2) is 4.98 Å². The fourth-order valence-corrected chi connectivity index (χ4v) is 3.53. The van der Waals surface area contributed by atoms with Crippen molar-refractivity contribution in [3.05, 3.63) is 47.8 Å². The van der Waals surface area contributed by atoms with Crippen molar-refractivity contribution >= 4 is 0 Å². The predicted molar refractivity (Wildman–Crippen MR) is 98.3 cm³/mol. The van der Waals surface area contributed by atoms with E-state index < -0.39 is 0 Å². The molecule has 2 aromatic rings. The van der Waals surface area contributed by atoms with E-state index in [2.05, 4.69) is 58.6 Å². The van der Waals surface area contributed by atoms with Crippen LogP contribution in [0.1, 0.15) is 42.9 Å². The Balaban J connectivity index is 1.72. The molecule has 3 rings (SSSR count). The van der Waals surface area contributed by atoms with Gasteiger partial charge in [-0.1, -0.05) is 13.0 Å². The van der Waals surface area contributed by atoms with Gasteiger partial charge in [-0.15, -0.1) is 0 Å². The van der Waals surface area contributed by atoms with Crippen molar-refractivity contribution in [3.63, 3.8) is 0 Å². The summed E-state index contributed by atoms with van der Waals surface area (Å²) in [5, 5.41) is 3.62. The molecule has 0 aromatic carbocycles. The second kappa shape index (κ2) is 8.08. The summed E-state index contributed by atoms with van der Waals surface area (Å²) in [4.78, 5) is 11.3. The van der Waals surface area contributed by atoms with E-state index in [1.165, 1.54) is 11.1 Å². The molecule has 1 saturated heterocycles. The van der Waals surface area contributed by atoms with Gasteiger partial charge >= 0.3 is 0 Å². The van der Waals surface area contributed by atoms with Crippen molar-refractivity contribution in [1.29, 1.82) is 0 Å². The van der Waals surface area contributed by atoms with Crippen LogP contribution < -0.4 is 5.32 Å². The predicted octanol–water partition coefficient (Wildman–Crippen LogP) is 2.24. The fourth-order valence-electron chi connectivity index (χ4n) is 3.53. The zero-order chi connectivity index (χ0) is 17.8. The Hall–Kier alpha value is -1.76. The molecule has 0 aliphatic carbocycles. The van der Waals surface area contributed by atoms with Gasteiger partial charge in [0.2, 0.25) is 0 Å². The third-order valence-electron chi connectivity index (χ3n) is 5.01. The van der Waals surface area contributed by atoms with E-state index in [1.807, 2.05) is 24.8 Å². The number of morpholine rings is 1. The average molecular weight is 343 g/mol. The number of likely N-dealkylation sites (N-methyl/N-ethyl adjacent to an activating group) is 1. The van der Waals surface area contributed by atoms with Crippen LogP contribution in [0.4, 0.5) is 0 Å². The van der Waals surface area contributed by atoms with Crippen molar-refractivity contribution in [2.75, 3.05) is 26.2 Å². The van der Waals surface area contributed by atoms with E-state index in [1.54, 1.807) is 0 Å². The van der Waals surface area contributed by atoms with E-state index in [0.717, 1.165) is 32.1 Å². The lowest BCUT2D eigenvalue weighted by molar-refractivity contribution is -0.0736. The minimum absolute atomic E-state index is 0.0787. The molecule has 1 fully saturated rings. The maximum atomic E-state index is 6.14. The van der Waals surface area contributed by atoms with Crippen LogP contribution in [0, 0.1) is 6.92 Å². The van der Waals surface area contributed by atoms with Gasteiger partial charge in [-0.05, 0) is 31.5 Å². The van der Waals surface area contributed by atoms with Crippen LogP contribution in [0.2, 0.25) is 0 Å². The summed E-state index contributed by atoms with van der Waals surface area (Å²) >= 11 is 0. The van der Waals surface area contributed by atoms with E-state index in [4.69, 9.17) is 4.74 Å². The summed E-state index contributed by atoms with van der Waals surface area (Å²) < 4.78 is 8.24. The molecule has 1 aliphatic heterocycles. The molecule has 1 unspecified atom stereocenters. The molecule has 0 spiro atoms. The minimum Gasteiger partial charge on any atom is -0.373 e. The smallest absolute Gasteiger partial charge is 0.128 e. The number of aryl methyl sites for hydroxylation is 2. The van der Waals surface area contributed by atoms with Crippen LogP contribution >= 0.6 is 0 Å². The van der Waals surface area contributed by atoms with Crippen molar-refractivity contribution in [1.82, 2.24) is 24.8 Å². The number of pyridine rings is 1. The molecule has 0 saturated carbocycles. The maximum absolute atomic E-state index is 6.14. The molecule has 6 heteroatoms. The second-order valence-corrected chi connectivity index (χ2v) is 6.80. The highest BCUT2D eigenvalue weighted by molar-refractivity contribution is 5.19. The molecule has 25 heavy (non-hydrogen) atoms. The number of aromatic nitrogens is 3. The van der Waals surface area contributed by atoms with E-state index in [9.17, 15) is 0 Å². The summed E-state index contributed by atoms with van der Waals surface area (Å²) in [6, 6.07) is 2.59. The fraction of sp³-hybridized carbons (Fsp3) is 0.579. The molecule has 1 N–H and O–H groups in total. The van der Waals surface area contributed by atoms with Gasteiger partial charge in [0.25, 0.3) is 0 Å². The van der Waals surface area contributed by atoms with Crippen LogP contribution in [0.5, 0.6) is 0 Å². The average Bonchev–Trinajstić information content (AvgIpc) is 3.04. The first-order chi connectivity index (χ1) is 12.1. The molecule has 0 bridgehead atoms. The number of nitrogens with one attached hydrogen (secondary N) is 1. The number of rotatable bonds is 6. The van der Waals surface area contributed by atoms with Crippen LogP contribution in [-0.2, 0) is 11.8 Å². The lowest BCUT2D eigenvalue weighted by Crippen LogP contribution is -2.50. The van der Waals surface area contributed by atoms with Crippen molar-refractivity contribution < 1.29 is 4.74 Å². The van der Waals surface area contributed by atoms with Gasteiger partial charge in [-0.3, -0.25) is 9.88 Å². The van der Waals surface area contributed by atoms with Gasteiger partial charge in [0, 0.05) is 51.0 Å². The highest BCUT2D eigenvalue weighted by Gasteiger charge is 2.35. The first-order valence-corrected chi connectivity index (χ1v) is 9.08. The van der Waals surface area contributed by atoms with Gasteiger partial charge in [0.1, 0.15) is 5.82 Å². The third kappa shape index (κ3) is 4.08. The largest absolute Gasteiger partial charge is 0.373 e. The molecule has 3 heterocycles. The normalized spacial score (nSPS) is 22.9. The molecule has 6 nitrogen and oxygen atoms in total. The summed E-state index contributed by atoms with van der Waals surface area (Å²) in [6.45, 7) is 9.93. The summed E-state index contributed by atoms with van der Waals surface area (Å²) in [5.74, 6) is 1.07. The zero-order valence-corrected chi connectivity index (χ0v) is 15.6. The van der Waals surface area contributed by atoms with Crippen molar-refractivity contribution in [3.8, 4) is 0 Å². The summed E-state index contributed by atoms with van der Waals surface area (Å²) in [5.41, 5.74) is 2.39. The Kier molecular flexibility index (Phi) is 5.83. The third-order valence-corrected chi connectivity index (χ3v) is 5.01. The number of ether oxygens (including phenoxy) is 1. The molecule has 1 aliphatic rings. The second-order valence-electron chi connectivity index (χ2n) is 6.80. The van der Waals surface area contributed by atoms with Crippen LogP contribution in [-0.4, -0.2) is 51.8 Å². The Labute approximate surface area is 150 Å². The summed E-state index contributed by atoms with van der Waals surface area (Å²) in [7, 11) is 2.05. The zero-order valence-electron chi connectivity index (χ0n) is 15.6. The molecule has 3 atom stereocenters.